The number of carboxylic acid groups (broad SMARTS) is 1. The van der Waals surface area contributed by atoms with Crippen molar-refractivity contribution in [2.45, 2.75) is 13.3 Å². The summed E-state index contributed by atoms with van der Waals surface area (Å²) in [4.78, 5) is 23.9. The fourth-order valence-electron chi connectivity index (χ4n) is 1.71. The number of anilines is 1. The third-order valence-electron chi connectivity index (χ3n) is 2.47. The van der Waals surface area contributed by atoms with Gasteiger partial charge in [-0.2, -0.15) is 0 Å². The van der Waals surface area contributed by atoms with E-state index in [2.05, 4.69) is 5.32 Å². The monoisotopic (exact) mass is 302 g/mol. The van der Waals surface area contributed by atoms with E-state index in [1.54, 1.807) is 0 Å². The number of halogens is 2. The standard InChI is InChI=1S/C13H16ClFN2O3/c1-2-5-17(8-13(19)20)7-12(18)16-11-6-9(14)3-4-10(11)15/h3-4,6H,2,5,7-8H2,1H3,(H,16,18)(H,19,20). The molecule has 0 heterocycles. The summed E-state index contributed by atoms with van der Waals surface area (Å²) < 4.78 is 13.4. The van der Waals surface area contributed by atoms with E-state index in [0.29, 0.717) is 18.0 Å². The molecule has 1 amide bonds. The molecule has 0 aromatic heterocycles. The Bertz CT molecular complexity index is 497. The number of carboxylic acids is 1. The Kier molecular flexibility index (Phi) is 6.41. The number of hydrogen-bond acceptors (Lipinski definition) is 3. The van der Waals surface area contributed by atoms with Crippen LogP contribution in [0.1, 0.15) is 13.3 Å². The molecule has 7 heteroatoms. The molecule has 0 spiro atoms. The van der Waals surface area contributed by atoms with Crippen molar-refractivity contribution in [3.8, 4) is 0 Å². The number of rotatable bonds is 7. The van der Waals surface area contributed by atoms with Gasteiger partial charge in [-0.25, -0.2) is 4.39 Å². The van der Waals surface area contributed by atoms with E-state index in [4.69, 9.17) is 16.7 Å². The van der Waals surface area contributed by atoms with Crippen LogP contribution in [0.3, 0.4) is 0 Å². The minimum Gasteiger partial charge on any atom is -0.480 e. The van der Waals surface area contributed by atoms with Crippen LogP contribution in [0.5, 0.6) is 0 Å². The highest BCUT2D eigenvalue weighted by molar-refractivity contribution is 6.30. The number of aliphatic carboxylic acids is 1. The zero-order chi connectivity index (χ0) is 15.1. The number of benzene rings is 1. The van der Waals surface area contributed by atoms with Crippen LogP contribution in [0.2, 0.25) is 5.02 Å². The van der Waals surface area contributed by atoms with Crippen LogP contribution in [0.15, 0.2) is 18.2 Å². The predicted octanol–water partition coefficient (Wildman–Crippen LogP) is 2.21. The van der Waals surface area contributed by atoms with E-state index in [9.17, 15) is 14.0 Å². The molecule has 0 aliphatic rings. The van der Waals surface area contributed by atoms with Crippen LogP contribution in [-0.4, -0.2) is 41.5 Å². The number of nitrogens with zero attached hydrogens (tertiary/aromatic N) is 1. The summed E-state index contributed by atoms with van der Waals surface area (Å²) in [5.74, 6) is -2.09. The number of hydrogen-bond donors (Lipinski definition) is 2. The second-order valence-corrected chi connectivity index (χ2v) is 4.71. The average molecular weight is 303 g/mol. The topological polar surface area (TPSA) is 69.6 Å². The Labute approximate surface area is 121 Å². The molecule has 0 saturated carbocycles. The lowest BCUT2D eigenvalue weighted by molar-refractivity contribution is -0.138. The summed E-state index contributed by atoms with van der Waals surface area (Å²) in [6.45, 7) is 1.99. The molecule has 1 aromatic carbocycles. The summed E-state index contributed by atoms with van der Waals surface area (Å²) in [5, 5.41) is 11.4. The molecule has 5 nitrogen and oxygen atoms in total. The van der Waals surface area contributed by atoms with Gasteiger partial charge in [0.15, 0.2) is 0 Å². The number of carbonyl (C=O) groups is 2. The normalized spacial score (nSPS) is 10.6. The lowest BCUT2D eigenvalue weighted by atomic mass is 10.3. The van der Waals surface area contributed by atoms with Gasteiger partial charge in [0.1, 0.15) is 5.82 Å². The van der Waals surface area contributed by atoms with Gasteiger partial charge < -0.3 is 10.4 Å². The summed E-state index contributed by atoms with van der Waals surface area (Å²) in [7, 11) is 0. The molecule has 0 fully saturated rings. The molecule has 0 saturated heterocycles. The Balaban J connectivity index is 2.65. The third-order valence-corrected chi connectivity index (χ3v) is 2.70. The molecular formula is C13H16ClFN2O3. The van der Waals surface area contributed by atoms with E-state index < -0.39 is 17.7 Å². The van der Waals surface area contributed by atoms with E-state index in [-0.39, 0.29) is 18.8 Å². The van der Waals surface area contributed by atoms with Crippen LogP contribution in [0, 0.1) is 5.82 Å². The maximum atomic E-state index is 13.4. The molecular weight excluding hydrogens is 287 g/mol. The first-order valence-electron chi connectivity index (χ1n) is 6.11. The fraction of sp³-hybridized carbons (Fsp3) is 0.385. The molecule has 110 valence electrons. The van der Waals surface area contributed by atoms with Crippen molar-refractivity contribution in [1.29, 1.82) is 0 Å². The molecule has 0 unspecified atom stereocenters. The van der Waals surface area contributed by atoms with Gasteiger partial charge in [-0.3, -0.25) is 14.5 Å². The molecule has 1 rings (SSSR count). The second kappa shape index (κ2) is 7.81. The van der Waals surface area contributed by atoms with E-state index >= 15 is 0 Å². The molecule has 0 aliphatic heterocycles. The van der Waals surface area contributed by atoms with Gasteiger partial charge in [-0.15, -0.1) is 0 Å². The maximum Gasteiger partial charge on any atom is 0.317 e. The van der Waals surface area contributed by atoms with E-state index in [1.165, 1.54) is 17.0 Å². The quantitative estimate of drug-likeness (QED) is 0.810. The van der Waals surface area contributed by atoms with Gasteiger partial charge in [0.2, 0.25) is 5.91 Å². The van der Waals surface area contributed by atoms with Gasteiger partial charge in [0.05, 0.1) is 18.8 Å². The Morgan fingerprint density at radius 3 is 2.70 bits per heavy atom. The summed E-state index contributed by atoms with van der Waals surface area (Å²) in [6, 6.07) is 3.83. The fourth-order valence-corrected chi connectivity index (χ4v) is 1.88. The molecule has 0 aliphatic carbocycles. The second-order valence-electron chi connectivity index (χ2n) is 4.28. The SMILES string of the molecule is CCCN(CC(=O)O)CC(=O)Nc1cc(Cl)ccc1F. The lowest BCUT2D eigenvalue weighted by Gasteiger charge is -2.18. The van der Waals surface area contributed by atoms with Gasteiger partial charge in [0, 0.05) is 5.02 Å². The van der Waals surface area contributed by atoms with Gasteiger partial charge >= 0.3 is 5.97 Å². The highest BCUT2D eigenvalue weighted by Gasteiger charge is 2.14. The largest absolute Gasteiger partial charge is 0.480 e. The van der Waals surface area contributed by atoms with E-state index in [0.717, 1.165) is 6.07 Å². The van der Waals surface area contributed by atoms with Crippen LogP contribution in [-0.2, 0) is 9.59 Å². The van der Waals surface area contributed by atoms with Crippen molar-refractivity contribution in [2.75, 3.05) is 25.0 Å². The average Bonchev–Trinajstić information content (AvgIpc) is 2.33. The highest BCUT2D eigenvalue weighted by atomic mass is 35.5. The summed E-state index contributed by atoms with van der Waals surface area (Å²) >= 11 is 5.72. The highest BCUT2D eigenvalue weighted by Crippen LogP contribution is 2.19. The van der Waals surface area contributed by atoms with Gasteiger partial charge in [0.25, 0.3) is 0 Å². The Morgan fingerprint density at radius 1 is 1.40 bits per heavy atom. The molecule has 20 heavy (non-hydrogen) atoms. The third kappa shape index (κ3) is 5.54. The Morgan fingerprint density at radius 2 is 2.10 bits per heavy atom. The van der Waals surface area contributed by atoms with Crippen molar-refractivity contribution in [3.63, 3.8) is 0 Å². The van der Waals surface area contributed by atoms with Crippen LogP contribution < -0.4 is 5.32 Å². The summed E-state index contributed by atoms with van der Waals surface area (Å²) in [5.41, 5.74) is -0.0192. The molecule has 1 aromatic rings. The zero-order valence-corrected chi connectivity index (χ0v) is 11.8. The van der Waals surface area contributed by atoms with Crippen LogP contribution in [0.25, 0.3) is 0 Å². The molecule has 2 N–H and O–H groups in total. The first kappa shape index (κ1) is 16.4. The minimum atomic E-state index is -1.01. The minimum absolute atomic E-state index is 0.0192. The van der Waals surface area contributed by atoms with E-state index in [1.807, 2.05) is 6.92 Å². The smallest absolute Gasteiger partial charge is 0.317 e. The van der Waals surface area contributed by atoms with Crippen molar-refractivity contribution in [1.82, 2.24) is 4.90 Å². The number of nitrogens with one attached hydrogen (secondary N) is 1. The van der Waals surface area contributed by atoms with Gasteiger partial charge in [-0.05, 0) is 31.2 Å². The lowest BCUT2D eigenvalue weighted by Crippen LogP contribution is -2.37. The number of amides is 1. The van der Waals surface area contributed by atoms with Crippen molar-refractivity contribution >= 4 is 29.2 Å². The Hall–Kier alpha value is -1.66. The first-order valence-corrected chi connectivity index (χ1v) is 6.49. The van der Waals surface area contributed by atoms with Crippen molar-refractivity contribution in [3.05, 3.63) is 29.0 Å². The van der Waals surface area contributed by atoms with Crippen LogP contribution >= 0.6 is 11.6 Å². The molecule has 0 bridgehead atoms. The first-order chi connectivity index (χ1) is 9.42. The number of carbonyl (C=O) groups excluding carboxylic acids is 1. The predicted molar refractivity (Wildman–Crippen MR) is 74.4 cm³/mol. The van der Waals surface area contributed by atoms with Crippen molar-refractivity contribution in [2.24, 2.45) is 0 Å². The van der Waals surface area contributed by atoms with Gasteiger partial charge in [-0.1, -0.05) is 18.5 Å². The molecule has 0 radical (unpaired) electrons. The van der Waals surface area contributed by atoms with Crippen LogP contribution in [0.4, 0.5) is 10.1 Å². The molecule has 0 atom stereocenters. The zero-order valence-electron chi connectivity index (χ0n) is 11.0. The maximum absolute atomic E-state index is 13.4. The summed E-state index contributed by atoms with van der Waals surface area (Å²) in [6.07, 6.45) is 0.714. The van der Waals surface area contributed by atoms with Crippen molar-refractivity contribution < 1.29 is 19.1 Å².